The fraction of sp³-hybridized carbons (Fsp3) is 0.353. The second-order valence-electron chi connectivity index (χ2n) is 6.77. The van der Waals surface area contributed by atoms with Crippen LogP contribution in [-0.2, 0) is 16.9 Å². The van der Waals surface area contributed by atoms with Gasteiger partial charge in [-0.1, -0.05) is 12.1 Å². The summed E-state index contributed by atoms with van der Waals surface area (Å²) in [7, 11) is 0. The molecule has 1 aliphatic heterocycles. The lowest BCUT2D eigenvalue weighted by Gasteiger charge is -2.34. The largest absolute Gasteiger partial charge is 0.394 e. The zero-order valence-electron chi connectivity index (χ0n) is 15.3. The van der Waals surface area contributed by atoms with Crippen LogP contribution in [0.1, 0.15) is 5.56 Å². The predicted octanol–water partition coefficient (Wildman–Crippen LogP) is -0.588. The number of aromatic nitrogens is 4. The van der Waals surface area contributed by atoms with Gasteiger partial charge in [0.25, 0.3) is 17.5 Å². The molecule has 4 rings (SSSR count). The summed E-state index contributed by atoms with van der Waals surface area (Å²) in [4.78, 5) is 33.7. The van der Waals surface area contributed by atoms with Gasteiger partial charge in [0.15, 0.2) is 16.9 Å². The van der Waals surface area contributed by atoms with Crippen LogP contribution in [0.3, 0.4) is 0 Å². The average Bonchev–Trinajstić information content (AvgIpc) is 3.26. The van der Waals surface area contributed by atoms with E-state index in [4.69, 9.17) is 4.74 Å². The van der Waals surface area contributed by atoms with Crippen molar-refractivity contribution in [2.24, 2.45) is 0 Å². The highest BCUT2D eigenvalue weighted by atomic mass is 32.2. The maximum Gasteiger partial charge on any atom is 0.278 e. The minimum Gasteiger partial charge on any atom is -0.394 e. The van der Waals surface area contributed by atoms with E-state index in [1.54, 1.807) is 24.3 Å². The molecule has 1 saturated heterocycles. The van der Waals surface area contributed by atoms with Crippen molar-refractivity contribution < 1.29 is 24.4 Å². The normalized spacial score (nSPS) is 26.3. The summed E-state index contributed by atoms with van der Waals surface area (Å²) < 4.78 is 6.76. The van der Waals surface area contributed by atoms with Crippen LogP contribution in [0.2, 0.25) is 0 Å². The van der Waals surface area contributed by atoms with Crippen LogP contribution in [0.15, 0.2) is 46.6 Å². The highest BCUT2D eigenvalue weighted by Crippen LogP contribution is 2.40. The number of nitrogens with one attached hydrogen (secondary N) is 1. The van der Waals surface area contributed by atoms with Gasteiger partial charge in [-0.05, 0) is 17.7 Å². The summed E-state index contributed by atoms with van der Waals surface area (Å²) in [5.41, 5.74) is -1.34. The quantitative estimate of drug-likeness (QED) is 0.222. The number of aliphatic hydroxyl groups excluding tert-OH is 3. The van der Waals surface area contributed by atoms with Crippen LogP contribution in [0.4, 0.5) is 0 Å². The third-order valence-electron chi connectivity index (χ3n) is 5.01. The zero-order chi connectivity index (χ0) is 21.5. The Morgan fingerprint density at radius 3 is 2.67 bits per heavy atom. The standard InChI is InChI=1S/C17H17N5O7S/c23-6-11-13(24)14(25)17(29-11,5-9-1-3-10(4-2-9)30-22(27)28)21-8-20-12-15(21)18-7-19-16(12)26/h1-4,7-8,11,13-14,23-25H,5-6H2,(H,18,19,26)/t11-,13-,14-,17-/m1/s1. The maximum atomic E-state index is 12.0. The Kier molecular flexibility index (Phi) is 5.29. The lowest BCUT2D eigenvalue weighted by Crippen LogP contribution is -2.47. The Bertz CT molecular complexity index is 1130. The molecule has 1 aliphatic rings. The SMILES string of the molecule is O=c1[nH]cnc2c1ncn2[C@]1(Cc2ccc(S[N+](=O)[O-])cc2)O[C@H](CO)[C@@H](O)[C@H]1O. The first-order chi connectivity index (χ1) is 14.4. The van der Waals surface area contributed by atoms with Crippen LogP contribution in [-0.4, -0.2) is 64.1 Å². The number of benzene rings is 1. The molecule has 0 bridgehead atoms. The molecule has 12 nitrogen and oxygen atoms in total. The number of hydrogen-bond acceptors (Lipinski definition) is 10. The maximum absolute atomic E-state index is 12.0. The number of aliphatic hydroxyl groups is 3. The van der Waals surface area contributed by atoms with Crippen molar-refractivity contribution in [2.45, 2.75) is 35.4 Å². The van der Waals surface area contributed by atoms with Crippen molar-refractivity contribution in [3.63, 3.8) is 0 Å². The van der Waals surface area contributed by atoms with Gasteiger partial charge in [-0.3, -0.25) is 19.5 Å². The first kappa shape index (κ1) is 20.4. The number of H-pyrrole nitrogens is 1. The summed E-state index contributed by atoms with van der Waals surface area (Å²) >= 11 is 0.460. The second-order valence-corrected chi connectivity index (χ2v) is 7.73. The van der Waals surface area contributed by atoms with Crippen molar-refractivity contribution in [1.82, 2.24) is 19.5 Å². The van der Waals surface area contributed by atoms with Crippen molar-refractivity contribution in [3.05, 3.63) is 63.0 Å². The van der Waals surface area contributed by atoms with E-state index in [0.717, 1.165) is 0 Å². The zero-order valence-corrected chi connectivity index (χ0v) is 16.1. The smallest absolute Gasteiger partial charge is 0.278 e. The molecule has 0 radical (unpaired) electrons. The number of aromatic amines is 1. The summed E-state index contributed by atoms with van der Waals surface area (Å²) in [6.45, 7) is -0.543. The number of fused-ring (bicyclic) bond motifs is 1. The third kappa shape index (κ3) is 3.36. The Hall–Kier alpha value is -2.84. The minimum absolute atomic E-state index is 0.00504. The summed E-state index contributed by atoms with van der Waals surface area (Å²) in [6, 6.07) is 6.35. The van der Waals surface area contributed by atoms with Gasteiger partial charge in [-0.2, -0.15) is 0 Å². The van der Waals surface area contributed by atoms with Crippen LogP contribution < -0.4 is 5.56 Å². The molecule has 3 aromatic rings. The lowest BCUT2D eigenvalue weighted by atomic mass is 9.95. The van der Waals surface area contributed by atoms with Gasteiger partial charge in [0.1, 0.15) is 22.6 Å². The van der Waals surface area contributed by atoms with Gasteiger partial charge in [0.05, 0.1) is 24.2 Å². The van der Waals surface area contributed by atoms with E-state index in [0.29, 0.717) is 22.4 Å². The van der Waals surface area contributed by atoms with E-state index in [1.165, 1.54) is 17.2 Å². The van der Waals surface area contributed by atoms with Gasteiger partial charge in [-0.25, -0.2) is 9.97 Å². The predicted molar refractivity (Wildman–Crippen MR) is 103 cm³/mol. The van der Waals surface area contributed by atoms with Crippen LogP contribution in [0.25, 0.3) is 11.2 Å². The Morgan fingerprint density at radius 2 is 2.03 bits per heavy atom. The van der Waals surface area contributed by atoms with Gasteiger partial charge < -0.3 is 25.0 Å². The molecular formula is C17H17N5O7S. The van der Waals surface area contributed by atoms with Crippen molar-refractivity contribution in [2.75, 3.05) is 6.61 Å². The van der Waals surface area contributed by atoms with E-state index in [-0.39, 0.29) is 17.6 Å². The molecule has 1 fully saturated rings. The molecule has 0 amide bonds. The van der Waals surface area contributed by atoms with Crippen molar-refractivity contribution in [3.8, 4) is 0 Å². The average molecular weight is 435 g/mol. The van der Waals surface area contributed by atoms with E-state index in [9.17, 15) is 30.2 Å². The van der Waals surface area contributed by atoms with Crippen LogP contribution >= 0.6 is 11.9 Å². The molecule has 4 N–H and O–H groups in total. The first-order valence-electron chi connectivity index (χ1n) is 8.83. The topological polar surface area (TPSA) is 177 Å². The minimum atomic E-state index is -1.62. The molecular weight excluding hydrogens is 418 g/mol. The number of nitro groups is 1. The summed E-state index contributed by atoms with van der Waals surface area (Å²) in [5, 5.41) is 41.5. The Morgan fingerprint density at radius 1 is 1.30 bits per heavy atom. The van der Waals surface area contributed by atoms with E-state index in [1.807, 2.05) is 0 Å². The molecule has 1 aromatic carbocycles. The van der Waals surface area contributed by atoms with Crippen LogP contribution in [0, 0.1) is 10.1 Å². The Labute approximate surface area is 172 Å². The molecule has 158 valence electrons. The molecule has 0 aliphatic carbocycles. The lowest BCUT2D eigenvalue weighted by molar-refractivity contribution is -0.284. The van der Waals surface area contributed by atoms with Gasteiger partial charge in [-0.15, -0.1) is 0 Å². The number of nitrogens with zero attached hydrogens (tertiary/aromatic N) is 4. The second kappa shape index (κ2) is 7.77. The molecule has 0 unspecified atom stereocenters. The molecule has 0 saturated carbocycles. The third-order valence-corrected chi connectivity index (χ3v) is 5.64. The monoisotopic (exact) mass is 435 g/mol. The molecule has 13 heteroatoms. The van der Waals surface area contributed by atoms with E-state index in [2.05, 4.69) is 15.0 Å². The molecule has 0 spiro atoms. The number of imidazole rings is 1. The number of ether oxygens (including phenoxy) is 1. The number of rotatable bonds is 6. The fourth-order valence-electron chi connectivity index (χ4n) is 3.62. The highest BCUT2D eigenvalue weighted by Gasteiger charge is 2.56. The van der Waals surface area contributed by atoms with E-state index < -0.39 is 40.5 Å². The molecule has 4 atom stereocenters. The van der Waals surface area contributed by atoms with Crippen molar-refractivity contribution >= 4 is 23.1 Å². The Balaban J connectivity index is 1.80. The summed E-state index contributed by atoms with van der Waals surface area (Å²) in [6.07, 6.45) is -1.50. The summed E-state index contributed by atoms with van der Waals surface area (Å²) in [5.74, 6) is 0. The fourth-order valence-corrected chi connectivity index (χ4v) is 4.05. The van der Waals surface area contributed by atoms with Crippen LogP contribution in [0.5, 0.6) is 0 Å². The van der Waals surface area contributed by atoms with E-state index >= 15 is 0 Å². The number of hydrogen-bond donors (Lipinski definition) is 4. The molecule has 2 aromatic heterocycles. The molecule has 30 heavy (non-hydrogen) atoms. The van der Waals surface area contributed by atoms with Gasteiger partial charge >= 0.3 is 0 Å². The van der Waals surface area contributed by atoms with Gasteiger partial charge in [0.2, 0.25) is 0 Å². The van der Waals surface area contributed by atoms with Crippen molar-refractivity contribution in [1.29, 1.82) is 0 Å². The highest BCUT2D eigenvalue weighted by molar-refractivity contribution is 7.93. The van der Waals surface area contributed by atoms with Gasteiger partial charge in [0, 0.05) is 6.42 Å². The first-order valence-corrected chi connectivity index (χ1v) is 9.60. The molecule has 3 heterocycles.